The molecular formula is C14H10ClN3O2. The van der Waals surface area contributed by atoms with Crippen LogP contribution in [0.1, 0.15) is 10.4 Å². The SMILES string of the molecule is O=C(Nc1nc2ccccc2[nH]1)c1cc(Cl)ccc1O. The highest BCUT2D eigenvalue weighted by molar-refractivity contribution is 6.31. The number of para-hydroxylation sites is 2. The maximum Gasteiger partial charge on any atom is 0.261 e. The Kier molecular flexibility index (Phi) is 3.04. The second kappa shape index (κ2) is 4.86. The molecule has 3 rings (SSSR count). The number of aromatic nitrogens is 2. The average Bonchev–Trinajstić information content (AvgIpc) is 2.83. The molecule has 0 saturated heterocycles. The van der Waals surface area contributed by atoms with Crippen LogP contribution in [-0.2, 0) is 0 Å². The minimum atomic E-state index is -0.482. The normalized spacial score (nSPS) is 10.7. The first-order chi connectivity index (χ1) is 9.63. The van der Waals surface area contributed by atoms with Crippen LogP contribution < -0.4 is 5.32 Å². The number of carbonyl (C=O) groups excluding carboxylic acids is 1. The van der Waals surface area contributed by atoms with Crippen LogP contribution in [-0.4, -0.2) is 21.0 Å². The van der Waals surface area contributed by atoms with Gasteiger partial charge in [0.1, 0.15) is 5.75 Å². The van der Waals surface area contributed by atoms with Gasteiger partial charge in [0.05, 0.1) is 16.6 Å². The fourth-order valence-corrected chi connectivity index (χ4v) is 2.05. The van der Waals surface area contributed by atoms with Crippen molar-refractivity contribution in [2.24, 2.45) is 0 Å². The van der Waals surface area contributed by atoms with Gasteiger partial charge >= 0.3 is 0 Å². The van der Waals surface area contributed by atoms with Gasteiger partial charge in [-0.1, -0.05) is 23.7 Å². The lowest BCUT2D eigenvalue weighted by molar-refractivity contribution is 0.102. The number of benzene rings is 2. The van der Waals surface area contributed by atoms with Crippen LogP contribution in [0.5, 0.6) is 5.75 Å². The van der Waals surface area contributed by atoms with E-state index < -0.39 is 5.91 Å². The summed E-state index contributed by atoms with van der Waals surface area (Å²) in [5.41, 5.74) is 1.66. The van der Waals surface area contributed by atoms with Crippen molar-refractivity contribution in [3.8, 4) is 5.75 Å². The fourth-order valence-electron chi connectivity index (χ4n) is 1.88. The number of carbonyl (C=O) groups is 1. The minimum absolute atomic E-state index is 0.0953. The predicted octanol–water partition coefficient (Wildman–Crippen LogP) is 3.17. The number of aromatic amines is 1. The summed E-state index contributed by atoms with van der Waals surface area (Å²) >= 11 is 5.81. The Balaban J connectivity index is 1.90. The number of amides is 1. The number of fused-ring (bicyclic) bond motifs is 1. The number of imidazole rings is 1. The highest BCUT2D eigenvalue weighted by Gasteiger charge is 2.13. The first-order valence-corrected chi connectivity index (χ1v) is 6.26. The third-order valence-corrected chi connectivity index (χ3v) is 3.06. The van der Waals surface area contributed by atoms with Crippen molar-refractivity contribution in [3.63, 3.8) is 0 Å². The predicted molar refractivity (Wildman–Crippen MR) is 77.2 cm³/mol. The van der Waals surface area contributed by atoms with Gasteiger partial charge in [-0.15, -0.1) is 0 Å². The summed E-state index contributed by atoms with van der Waals surface area (Å²) in [5, 5.41) is 12.6. The van der Waals surface area contributed by atoms with E-state index in [-0.39, 0.29) is 11.3 Å². The topological polar surface area (TPSA) is 78.0 Å². The van der Waals surface area contributed by atoms with Gasteiger partial charge in [0.2, 0.25) is 5.95 Å². The lowest BCUT2D eigenvalue weighted by Gasteiger charge is -2.04. The van der Waals surface area contributed by atoms with Gasteiger partial charge in [0, 0.05) is 5.02 Å². The summed E-state index contributed by atoms with van der Waals surface area (Å²) in [4.78, 5) is 19.3. The standard InChI is InChI=1S/C14H10ClN3O2/c15-8-5-6-12(19)9(7-8)13(20)18-14-16-10-3-1-2-4-11(10)17-14/h1-7,19H,(H2,16,17,18,20). The number of anilines is 1. The van der Waals surface area contributed by atoms with E-state index in [1.807, 2.05) is 24.3 Å². The largest absolute Gasteiger partial charge is 0.507 e. The maximum absolute atomic E-state index is 12.1. The fraction of sp³-hybridized carbons (Fsp3) is 0. The van der Waals surface area contributed by atoms with Crippen LogP contribution in [0, 0.1) is 0 Å². The Morgan fingerprint density at radius 3 is 2.85 bits per heavy atom. The highest BCUT2D eigenvalue weighted by Crippen LogP contribution is 2.22. The van der Waals surface area contributed by atoms with E-state index >= 15 is 0 Å². The molecule has 0 saturated carbocycles. The van der Waals surface area contributed by atoms with Gasteiger partial charge in [-0.25, -0.2) is 4.98 Å². The van der Waals surface area contributed by atoms with Crippen LogP contribution in [0.15, 0.2) is 42.5 Å². The molecule has 20 heavy (non-hydrogen) atoms. The third-order valence-electron chi connectivity index (χ3n) is 2.82. The van der Waals surface area contributed by atoms with E-state index in [4.69, 9.17) is 11.6 Å². The lowest BCUT2D eigenvalue weighted by Crippen LogP contribution is -2.13. The molecule has 0 aliphatic carbocycles. The summed E-state index contributed by atoms with van der Waals surface area (Å²) in [6.07, 6.45) is 0. The van der Waals surface area contributed by atoms with E-state index in [9.17, 15) is 9.90 Å². The molecule has 0 spiro atoms. The molecule has 1 aromatic heterocycles. The van der Waals surface area contributed by atoms with Crippen LogP contribution in [0.4, 0.5) is 5.95 Å². The van der Waals surface area contributed by atoms with Crippen LogP contribution in [0.3, 0.4) is 0 Å². The van der Waals surface area contributed by atoms with E-state index in [0.717, 1.165) is 11.0 Å². The van der Waals surface area contributed by atoms with Crippen molar-refractivity contribution in [2.45, 2.75) is 0 Å². The molecule has 0 unspecified atom stereocenters. The summed E-state index contributed by atoms with van der Waals surface area (Å²) in [7, 11) is 0. The van der Waals surface area contributed by atoms with Crippen molar-refractivity contribution in [2.75, 3.05) is 5.32 Å². The number of hydrogen-bond acceptors (Lipinski definition) is 3. The number of phenols is 1. The van der Waals surface area contributed by atoms with E-state index in [2.05, 4.69) is 15.3 Å². The molecule has 0 bridgehead atoms. The number of H-pyrrole nitrogens is 1. The van der Waals surface area contributed by atoms with E-state index in [1.165, 1.54) is 18.2 Å². The van der Waals surface area contributed by atoms with Crippen molar-refractivity contribution in [1.29, 1.82) is 0 Å². The molecule has 0 radical (unpaired) electrons. The van der Waals surface area contributed by atoms with Gasteiger partial charge in [-0.05, 0) is 30.3 Å². The summed E-state index contributed by atoms with van der Waals surface area (Å²) in [6, 6.07) is 11.7. The zero-order valence-electron chi connectivity index (χ0n) is 10.2. The molecule has 5 nitrogen and oxygen atoms in total. The molecule has 1 amide bonds. The Hall–Kier alpha value is -2.53. The van der Waals surface area contributed by atoms with Gasteiger partial charge in [-0.2, -0.15) is 0 Å². The first kappa shape index (κ1) is 12.5. The first-order valence-electron chi connectivity index (χ1n) is 5.88. The van der Waals surface area contributed by atoms with E-state index in [0.29, 0.717) is 11.0 Å². The highest BCUT2D eigenvalue weighted by atomic mass is 35.5. The molecule has 0 fully saturated rings. The van der Waals surface area contributed by atoms with Gasteiger partial charge in [0.25, 0.3) is 5.91 Å². The Bertz CT molecular complexity index is 765. The molecule has 3 N–H and O–H groups in total. The Morgan fingerprint density at radius 2 is 2.05 bits per heavy atom. The zero-order chi connectivity index (χ0) is 14.1. The maximum atomic E-state index is 12.1. The molecule has 6 heteroatoms. The van der Waals surface area contributed by atoms with E-state index in [1.54, 1.807) is 0 Å². The molecule has 0 aliphatic rings. The van der Waals surface area contributed by atoms with Crippen LogP contribution in [0.25, 0.3) is 11.0 Å². The Labute approximate surface area is 119 Å². The molecule has 1 heterocycles. The molecular weight excluding hydrogens is 278 g/mol. The third kappa shape index (κ3) is 2.31. The van der Waals surface area contributed by atoms with Crippen molar-refractivity contribution in [1.82, 2.24) is 9.97 Å². The Morgan fingerprint density at radius 1 is 1.25 bits per heavy atom. The van der Waals surface area contributed by atoms with Crippen LogP contribution >= 0.6 is 11.6 Å². The van der Waals surface area contributed by atoms with Gasteiger partial charge in [0.15, 0.2) is 0 Å². The molecule has 3 aromatic rings. The summed E-state index contributed by atoms with van der Waals surface area (Å²) < 4.78 is 0. The zero-order valence-corrected chi connectivity index (χ0v) is 11.0. The average molecular weight is 288 g/mol. The van der Waals surface area contributed by atoms with Gasteiger partial charge < -0.3 is 10.1 Å². The number of nitrogens with one attached hydrogen (secondary N) is 2. The van der Waals surface area contributed by atoms with Crippen molar-refractivity contribution >= 4 is 34.5 Å². The minimum Gasteiger partial charge on any atom is -0.507 e. The molecule has 100 valence electrons. The molecule has 0 aliphatic heterocycles. The lowest BCUT2D eigenvalue weighted by atomic mass is 10.2. The van der Waals surface area contributed by atoms with Crippen LogP contribution in [0.2, 0.25) is 5.02 Å². The number of halogens is 1. The monoisotopic (exact) mass is 287 g/mol. The number of phenolic OH excluding ortho intramolecular Hbond substituents is 1. The number of hydrogen-bond donors (Lipinski definition) is 3. The van der Waals surface area contributed by atoms with Crippen molar-refractivity contribution < 1.29 is 9.90 Å². The summed E-state index contributed by atoms with van der Waals surface area (Å²) in [6.45, 7) is 0. The molecule has 2 aromatic carbocycles. The number of nitrogens with zero attached hydrogens (tertiary/aromatic N) is 1. The van der Waals surface area contributed by atoms with Crippen molar-refractivity contribution in [3.05, 3.63) is 53.1 Å². The number of rotatable bonds is 2. The second-order valence-electron chi connectivity index (χ2n) is 4.22. The smallest absolute Gasteiger partial charge is 0.261 e. The second-order valence-corrected chi connectivity index (χ2v) is 4.65. The van der Waals surface area contributed by atoms with Gasteiger partial charge in [-0.3, -0.25) is 10.1 Å². The summed E-state index contributed by atoms with van der Waals surface area (Å²) in [5.74, 6) is -0.303. The molecule has 0 atom stereocenters. The number of aromatic hydroxyl groups is 1. The quantitative estimate of drug-likeness (QED) is 0.677.